The fourth-order valence-electron chi connectivity index (χ4n) is 2.78. The van der Waals surface area contributed by atoms with Crippen LogP contribution in [0.4, 0.5) is 5.69 Å². The molecule has 2 heterocycles. The number of quaternary nitrogens is 1. The molecular formula is C17H22ClN4O2S+. The van der Waals surface area contributed by atoms with E-state index >= 15 is 0 Å². The number of carbonyl (C=O) groups is 2. The summed E-state index contributed by atoms with van der Waals surface area (Å²) in [5, 5.41) is 3.72. The van der Waals surface area contributed by atoms with Gasteiger partial charge in [-0.1, -0.05) is 29.4 Å². The number of aryl methyl sites for hydroxylation is 1. The number of nitrogens with one attached hydrogen (secondary N) is 2. The van der Waals surface area contributed by atoms with Crippen molar-refractivity contribution in [2.75, 3.05) is 38.5 Å². The van der Waals surface area contributed by atoms with Gasteiger partial charge in [-0.05, 0) is 24.6 Å². The van der Waals surface area contributed by atoms with E-state index in [9.17, 15) is 9.59 Å². The van der Waals surface area contributed by atoms with Gasteiger partial charge < -0.3 is 15.1 Å². The van der Waals surface area contributed by atoms with E-state index < -0.39 is 5.25 Å². The topological polar surface area (TPSA) is 66.2 Å². The molecule has 0 spiro atoms. The average molecular weight is 382 g/mol. The molecule has 25 heavy (non-hydrogen) atoms. The highest BCUT2D eigenvalue weighted by molar-refractivity contribution is 8.15. The van der Waals surface area contributed by atoms with Gasteiger partial charge in [0.05, 0.1) is 33.2 Å². The maximum atomic E-state index is 12.2. The number of halogens is 1. The van der Waals surface area contributed by atoms with Crippen molar-refractivity contribution < 1.29 is 14.5 Å². The lowest BCUT2D eigenvalue weighted by atomic mass is 10.2. The number of benzene rings is 1. The van der Waals surface area contributed by atoms with E-state index in [2.05, 4.69) is 22.3 Å². The fourth-order valence-corrected chi connectivity index (χ4v) is 4.07. The second-order valence-electron chi connectivity index (χ2n) is 6.50. The third-order valence-corrected chi connectivity index (χ3v) is 6.06. The number of thioether (sulfide) groups is 1. The summed E-state index contributed by atoms with van der Waals surface area (Å²) in [4.78, 5) is 32.2. The summed E-state index contributed by atoms with van der Waals surface area (Å²) in [6, 6.07) is 5.37. The van der Waals surface area contributed by atoms with Crippen LogP contribution in [0.5, 0.6) is 0 Å². The van der Waals surface area contributed by atoms with Gasteiger partial charge in [0.2, 0.25) is 5.91 Å². The van der Waals surface area contributed by atoms with Crippen molar-refractivity contribution in [3.63, 3.8) is 0 Å². The Morgan fingerprint density at radius 1 is 1.44 bits per heavy atom. The zero-order valence-corrected chi connectivity index (χ0v) is 15.9. The maximum absolute atomic E-state index is 12.2. The van der Waals surface area contributed by atoms with Crippen LogP contribution < -0.4 is 10.2 Å². The summed E-state index contributed by atoms with van der Waals surface area (Å²) in [5.74, 6) is -0.423. The Hall–Kier alpha value is -1.57. The lowest BCUT2D eigenvalue weighted by Crippen LogP contribution is -3.12. The SMILES string of the molecule is Cc1ccc(NC(=O)C[C@@H]2SC(N3CC[NH+](C)CC3)=NC2=O)cc1Cl. The molecule has 1 saturated heterocycles. The minimum absolute atomic E-state index is 0.112. The molecule has 1 aromatic carbocycles. The number of carbonyl (C=O) groups excluding carboxylic acids is 2. The number of hydrogen-bond acceptors (Lipinski definition) is 4. The van der Waals surface area contributed by atoms with E-state index in [0.29, 0.717) is 10.7 Å². The number of hydrogen-bond donors (Lipinski definition) is 2. The predicted molar refractivity (Wildman–Crippen MR) is 101 cm³/mol. The molecule has 6 nitrogen and oxygen atoms in total. The highest BCUT2D eigenvalue weighted by Crippen LogP contribution is 2.28. The van der Waals surface area contributed by atoms with Crippen molar-refractivity contribution in [3.05, 3.63) is 28.8 Å². The molecule has 2 aliphatic heterocycles. The molecule has 0 aliphatic carbocycles. The van der Waals surface area contributed by atoms with Crippen LogP contribution in [0.2, 0.25) is 5.02 Å². The zero-order chi connectivity index (χ0) is 18.0. The number of anilines is 1. The first-order valence-corrected chi connectivity index (χ1v) is 9.59. The number of aliphatic imine (C=N–C) groups is 1. The molecule has 0 saturated carbocycles. The number of rotatable bonds is 3. The molecule has 8 heteroatoms. The second-order valence-corrected chi connectivity index (χ2v) is 8.08. The van der Waals surface area contributed by atoms with Crippen LogP contribution >= 0.6 is 23.4 Å². The second kappa shape index (κ2) is 7.76. The summed E-state index contributed by atoms with van der Waals surface area (Å²) >= 11 is 7.47. The van der Waals surface area contributed by atoms with E-state index in [4.69, 9.17) is 11.6 Å². The van der Waals surface area contributed by atoms with Gasteiger partial charge in [0.25, 0.3) is 5.91 Å². The molecule has 2 aliphatic rings. The molecule has 0 bridgehead atoms. The number of nitrogens with zero attached hydrogens (tertiary/aromatic N) is 2. The first kappa shape index (κ1) is 18.2. The van der Waals surface area contributed by atoms with E-state index in [0.717, 1.165) is 36.9 Å². The summed E-state index contributed by atoms with van der Waals surface area (Å²) in [6.45, 7) is 5.76. The molecule has 1 aromatic rings. The average Bonchev–Trinajstić information content (AvgIpc) is 2.92. The predicted octanol–water partition coefficient (Wildman–Crippen LogP) is 0.805. The number of amidine groups is 1. The number of piperazine rings is 1. The Morgan fingerprint density at radius 3 is 2.84 bits per heavy atom. The van der Waals surface area contributed by atoms with Crippen molar-refractivity contribution in [1.29, 1.82) is 0 Å². The molecule has 134 valence electrons. The Bertz CT molecular complexity index is 717. The molecular weight excluding hydrogens is 360 g/mol. The van der Waals surface area contributed by atoms with Gasteiger partial charge in [-0.25, -0.2) is 0 Å². The molecule has 1 atom stereocenters. The van der Waals surface area contributed by atoms with Crippen molar-refractivity contribution in [2.24, 2.45) is 4.99 Å². The highest BCUT2D eigenvalue weighted by atomic mass is 35.5. The zero-order valence-electron chi connectivity index (χ0n) is 14.3. The molecule has 2 N–H and O–H groups in total. The van der Waals surface area contributed by atoms with Crippen LogP contribution in [0.1, 0.15) is 12.0 Å². The highest BCUT2D eigenvalue weighted by Gasteiger charge is 2.34. The van der Waals surface area contributed by atoms with Crippen LogP contribution in [0.15, 0.2) is 23.2 Å². The quantitative estimate of drug-likeness (QED) is 0.813. The van der Waals surface area contributed by atoms with E-state index in [1.807, 2.05) is 13.0 Å². The van der Waals surface area contributed by atoms with Crippen molar-refractivity contribution in [2.45, 2.75) is 18.6 Å². The van der Waals surface area contributed by atoms with Crippen LogP contribution in [-0.2, 0) is 9.59 Å². The maximum Gasteiger partial charge on any atom is 0.262 e. The smallest absolute Gasteiger partial charge is 0.262 e. The van der Waals surface area contributed by atoms with Gasteiger partial charge in [-0.3, -0.25) is 9.59 Å². The van der Waals surface area contributed by atoms with Crippen LogP contribution in [0, 0.1) is 6.92 Å². The van der Waals surface area contributed by atoms with E-state index in [1.165, 1.54) is 16.7 Å². The van der Waals surface area contributed by atoms with E-state index in [1.54, 1.807) is 12.1 Å². The van der Waals surface area contributed by atoms with Gasteiger partial charge in [-0.2, -0.15) is 4.99 Å². The Balaban J connectivity index is 1.54. The van der Waals surface area contributed by atoms with Gasteiger partial charge in [0.15, 0.2) is 5.17 Å². The minimum Gasteiger partial charge on any atom is -0.340 e. The molecule has 0 aromatic heterocycles. The minimum atomic E-state index is -0.442. The first-order chi connectivity index (χ1) is 11.9. The van der Waals surface area contributed by atoms with E-state index in [-0.39, 0.29) is 18.2 Å². The monoisotopic (exact) mass is 381 g/mol. The standard InChI is InChI=1S/C17H21ClN4O2S/c1-11-3-4-12(9-13(11)18)19-15(23)10-14-16(24)20-17(25-14)22-7-5-21(2)6-8-22/h3-4,9,14H,5-8,10H2,1-2H3,(H,19,23)/p+1/t14-/m0/s1. The van der Waals surface area contributed by atoms with Crippen molar-refractivity contribution in [3.8, 4) is 0 Å². The molecule has 1 fully saturated rings. The first-order valence-electron chi connectivity index (χ1n) is 8.34. The fraction of sp³-hybridized carbons (Fsp3) is 0.471. The van der Waals surface area contributed by atoms with Crippen molar-refractivity contribution >= 4 is 46.0 Å². The lowest BCUT2D eigenvalue weighted by molar-refractivity contribution is -0.883. The Morgan fingerprint density at radius 2 is 2.16 bits per heavy atom. The third kappa shape index (κ3) is 4.54. The molecule has 2 amide bonds. The van der Waals surface area contributed by atoms with Gasteiger partial charge in [0.1, 0.15) is 5.25 Å². The summed E-state index contributed by atoms with van der Waals surface area (Å²) in [6.07, 6.45) is 0.112. The molecule has 0 radical (unpaired) electrons. The van der Waals surface area contributed by atoms with Gasteiger partial charge in [0, 0.05) is 17.1 Å². The molecule has 0 unspecified atom stereocenters. The largest absolute Gasteiger partial charge is 0.340 e. The number of amides is 2. The summed E-state index contributed by atoms with van der Waals surface area (Å²) < 4.78 is 0. The van der Waals surface area contributed by atoms with Crippen LogP contribution in [0.25, 0.3) is 0 Å². The molecule has 3 rings (SSSR count). The van der Waals surface area contributed by atoms with Crippen LogP contribution in [0.3, 0.4) is 0 Å². The Kier molecular flexibility index (Phi) is 5.66. The summed E-state index contributed by atoms with van der Waals surface area (Å²) in [7, 11) is 2.16. The third-order valence-electron chi connectivity index (χ3n) is 4.44. The summed E-state index contributed by atoms with van der Waals surface area (Å²) in [5.41, 5.74) is 1.59. The number of likely N-dealkylation sites (N-methyl/N-ethyl adjacent to an activating group) is 1. The Labute approximate surface area is 156 Å². The van der Waals surface area contributed by atoms with Gasteiger partial charge >= 0.3 is 0 Å². The lowest BCUT2D eigenvalue weighted by Gasteiger charge is -2.30. The van der Waals surface area contributed by atoms with Crippen LogP contribution in [-0.4, -0.2) is 60.4 Å². The normalized spacial score (nSPS) is 21.4. The van der Waals surface area contributed by atoms with Gasteiger partial charge in [-0.15, -0.1) is 0 Å². The van der Waals surface area contributed by atoms with Crippen molar-refractivity contribution in [1.82, 2.24) is 4.90 Å².